The molecular formula is C19H22N4O2. The highest BCUT2D eigenvalue weighted by molar-refractivity contribution is 5.95. The van der Waals surface area contributed by atoms with E-state index in [1.807, 2.05) is 25.1 Å². The van der Waals surface area contributed by atoms with Crippen molar-refractivity contribution in [2.75, 3.05) is 25.0 Å². The average molecular weight is 338 g/mol. The molecule has 1 spiro atoms. The van der Waals surface area contributed by atoms with Crippen LogP contribution in [-0.2, 0) is 5.54 Å². The number of nitrogens with zero attached hydrogens (tertiary/aromatic N) is 1. The van der Waals surface area contributed by atoms with E-state index in [9.17, 15) is 4.79 Å². The number of aromatic nitrogens is 1. The number of anilines is 1. The summed E-state index contributed by atoms with van der Waals surface area (Å²) < 4.78 is 5.65. The topological polar surface area (TPSA) is 75.3 Å². The number of ether oxygens (including phenoxy) is 1. The summed E-state index contributed by atoms with van der Waals surface area (Å²) in [6.45, 7) is 4.31. The largest absolute Gasteiger partial charge is 0.478 e. The van der Waals surface area contributed by atoms with Crippen LogP contribution in [-0.4, -0.2) is 30.7 Å². The molecule has 0 radical (unpaired) electrons. The number of amides is 2. The maximum absolute atomic E-state index is 12.2. The van der Waals surface area contributed by atoms with Crippen LogP contribution in [0.25, 0.3) is 11.1 Å². The van der Waals surface area contributed by atoms with Crippen molar-refractivity contribution in [1.29, 1.82) is 0 Å². The third kappa shape index (κ3) is 2.82. The van der Waals surface area contributed by atoms with E-state index in [0.717, 1.165) is 48.3 Å². The molecule has 25 heavy (non-hydrogen) atoms. The molecule has 2 aromatic rings. The average Bonchev–Trinajstić information content (AvgIpc) is 2.62. The standard InChI is InChI=1S/C19H22N4O2/c1-2-25-17-14(4-3-9-21-17)13-5-6-15-16(12-13)22-18(24)23-19(15)7-10-20-11-8-19/h3-6,9,12,20H,2,7-8,10-11H2,1H3,(H2,22,23,24). The highest BCUT2D eigenvalue weighted by Crippen LogP contribution is 2.41. The fourth-order valence-corrected chi connectivity index (χ4v) is 3.78. The minimum Gasteiger partial charge on any atom is -0.478 e. The summed E-state index contributed by atoms with van der Waals surface area (Å²) in [5.41, 5.74) is 3.66. The molecule has 6 nitrogen and oxygen atoms in total. The molecular weight excluding hydrogens is 316 g/mol. The Morgan fingerprint density at radius 3 is 2.88 bits per heavy atom. The lowest BCUT2D eigenvalue weighted by Crippen LogP contribution is -2.56. The third-order valence-electron chi connectivity index (χ3n) is 4.96. The second-order valence-electron chi connectivity index (χ2n) is 6.46. The molecule has 3 N–H and O–H groups in total. The zero-order chi connectivity index (χ0) is 17.3. The molecule has 6 heteroatoms. The lowest BCUT2D eigenvalue weighted by atomic mass is 9.79. The number of hydrogen-bond donors (Lipinski definition) is 3. The highest BCUT2D eigenvalue weighted by Gasteiger charge is 2.40. The van der Waals surface area contributed by atoms with Gasteiger partial charge in [0.2, 0.25) is 5.88 Å². The Bertz CT molecular complexity index is 800. The normalized spacial score (nSPS) is 18.2. The molecule has 0 unspecified atom stereocenters. The van der Waals surface area contributed by atoms with Crippen LogP contribution in [0.15, 0.2) is 36.5 Å². The van der Waals surface area contributed by atoms with Gasteiger partial charge in [0.25, 0.3) is 0 Å². The molecule has 2 amide bonds. The Labute approximate surface area is 147 Å². The Kier molecular flexibility index (Phi) is 4.05. The van der Waals surface area contributed by atoms with E-state index >= 15 is 0 Å². The monoisotopic (exact) mass is 338 g/mol. The van der Waals surface area contributed by atoms with E-state index in [4.69, 9.17) is 4.74 Å². The molecule has 3 heterocycles. The SMILES string of the molecule is CCOc1ncccc1-c1ccc2c(c1)NC(=O)NC21CCNCC1. The number of piperidine rings is 1. The predicted molar refractivity (Wildman–Crippen MR) is 96.8 cm³/mol. The molecule has 1 saturated heterocycles. The second-order valence-corrected chi connectivity index (χ2v) is 6.46. The van der Waals surface area contributed by atoms with Crippen molar-refractivity contribution in [3.05, 3.63) is 42.1 Å². The van der Waals surface area contributed by atoms with Gasteiger partial charge in [-0.3, -0.25) is 0 Å². The number of hydrogen-bond acceptors (Lipinski definition) is 4. The Hall–Kier alpha value is -2.60. The Morgan fingerprint density at radius 1 is 1.24 bits per heavy atom. The van der Waals surface area contributed by atoms with Crippen LogP contribution in [0.3, 0.4) is 0 Å². The zero-order valence-electron chi connectivity index (χ0n) is 14.3. The molecule has 0 atom stereocenters. The number of carbonyl (C=O) groups excluding carboxylic acids is 1. The van der Waals surface area contributed by atoms with Gasteiger partial charge in [-0.2, -0.15) is 0 Å². The molecule has 0 aliphatic carbocycles. The van der Waals surface area contributed by atoms with Crippen LogP contribution in [0.5, 0.6) is 5.88 Å². The highest BCUT2D eigenvalue weighted by atomic mass is 16.5. The first-order valence-corrected chi connectivity index (χ1v) is 8.74. The molecule has 2 aliphatic rings. The van der Waals surface area contributed by atoms with Crippen LogP contribution in [0.2, 0.25) is 0 Å². The number of rotatable bonds is 3. The first-order valence-electron chi connectivity index (χ1n) is 8.74. The van der Waals surface area contributed by atoms with Crippen molar-refractivity contribution in [1.82, 2.24) is 15.6 Å². The van der Waals surface area contributed by atoms with Gasteiger partial charge in [0.05, 0.1) is 12.1 Å². The van der Waals surface area contributed by atoms with Gasteiger partial charge in [-0.15, -0.1) is 0 Å². The van der Waals surface area contributed by atoms with Crippen LogP contribution in [0, 0.1) is 0 Å². The van der Waals surface area contributed by atoms with E-state index < -0.39 is 0 Å². The zero-order valence-corrected chi connectivity index (χ0v) is 14.3. The first kappa shape index (κ1) is 15.9. The maximum atomic E-state index is 12.2. The van der Waals surface area contributed by atoms with Crippen molar-refractivity contribution in [2.24, 2.45) is 0 Å². The summed E-state index contributed by atoms with van der Waals surface area (Å²) >= 11 is 0. The minimum absolute atomic E-state index is 0.136. The van der Waals surface area contributed by atoms with Crippen molar-refractivity contribution < 1.29 is 9.53 Å². The molecule has 0 saturated carbocycles. The summed E-state index contributed by atoms with van der Waals surface area (Å²) in [7, 11) is 0. The van der Waals surface area contributed by atoms with Gasteiger partial charge in [-0.25, -0.2) is 9.78 Å². The van der Waals surface area contributed by atoms with E-state index in [2.05, 4.69) is 33.1 Å². The van der Waals surface area contributed by atoms with Crippen LogP contribution >= 0.6 is 0 Å². The number of benzene rings is 1. The van der Waals surface area contributed by atoms with E-state index in [0.29, 0.717) is 12.5 Å². The molecule has 130 valence electrons. The van der Waals surface area contributed by atoms with Crippen LogP contribution in [0.4, 0.5) is 10.5 Å². The summed E-state index contributed by atoms with van der Waals surface area (Å²) in [6, 6.07) is 9.97. The molecule has 0 bridgehead atoms. The quantitative estimate of drug-likeness (QED) is 0.804. The number of fused-ring (bicyclic) bond motifs is 2. The number of carbonyl (C=O) groups is 1. The smallest absolute Gasteiger partial charge is 0.319 e. The number of nitrogens with one attached hydrogen (secondary N) is 3. The predicted octanol–water partition coefficient (Wildman–Crippen LogP) is 2.86. The Morgan fingerprint density at radius 2 is 2.08 bits per heavy atom. The van der Waals surface area contributed by atoms with Gasteiger partial charge in [0.15, 0.2) is 0 Å². The van der Waals surface area contributed by atoms with E-state index in [-0.39, 0.29) is 11.6 Å². The second kappa shape index (κ2) is 6.37. The van der Waals surface area contributed by atoms with Gasteiger partial charge >= 0.3 is 6.03 Å². The third-order valence-corrected chi connectivity index (χ3v) is 4.96. The molecule has 4 rings (SSSR count). The summed E-state index contributed by atoms with van der Waals surface area (Å²) in [5, 5.41) is 9.48. The lowest BCUT2D eigenvalue weighted by molar-refractivity contribution is 0.214. The summed E-state index contributed by atoms with van der Waals surface area (Å²) in [5.74, 6) is 0.613. The Balaban J connectivity index is 1.78. The fourth-order valence-electron chi connectivity index (χ4n) is 3.78. The van der Waals surface area contributed by atoms with Gasteiger partial charge in [-0.1, -0.05) is 12.1 Å². The minimum atomic E-state index is -0.279. The first-order chi connectivity index (χ1) is 12.2. The van der Waals surface area contributed by atoms with E-state index in [1.165, 1.54) is 0 Å². The van der Waals surface area contributed by atoms with Gasteiger partial charge in [-0.05, 0) is 56.6 Å². The van der Waals surface area contributed by atoms with Crippen LogP contribution in [0.1, 0.15) is 25.3 Å². The lowest BCUT2D eigenvalue weighted by Gasteiger charge is -2.43. The van der Waals surface area contributed by atoms with Crippen molar-refractivity contribution in [3.8, 4) is 17.0 Å². The maximum Gasteiger partial charge on any atom is 0.319 e. The summed E-state index contributed by atoms with van der Waals surface area (Å²) in [4.78, 5) is 16.6. The molecule has 1 aromatic carbocycles. The molecule has 1 fully saturated rings. The van der Waals surface area contributed by atoms with Gasteiger partial charge in [0, 0.05) is 23.0 Å². The van der Waals surface area contributed by atoms with Crippen molar-refractivity contribution in [2.45, 2.75) is 25.3 Å². The van der Waals surface area contributed by atoms with Gasteiger partial charge < -0.3 is 20.7 Å². The van der Waals surface area contributed by atoms with Crippen molar-refractivity contribution in [3.63, 3.8) is 0 Å². The fraction of sp³-hybridized carbons (Fsp3) is 0.368. The summed E-state index contributed by atoms with van der Waals surface area (Å²) in [6.07, 6.45) is 3.51. The molecule has 1 aromatic heterocycles. The van der Waals surface area contributed by atoms with Gasteiger partial charge in [0.1, 0.15) is 0 Å². The number of pyridine rings is 1. The van der Waals surface area contributed by atoms with Crippen LogP contribution < -0.4 is 20.7 Å². The number of urea groups is 1. The molecule has 2 aliphatic heterocycles. The van der Waals surface area contributed by atoms with Crippen molar-refractivity contribution >= 4 is 11.7 Å². The van der Waals surface area contributed by atoms with E-state index in [1.54, 1.807) is 6.20 Å².